The number of nitrogens with one attached hydrogen (secondary N) is 2. The van der Waals surface area contributed by atoms with Gasteiger partial charge in [0, 0.05) is 23.8 Å². The number of sulfonamides is 1. The van der Waals surface area contributed by atoms with Gasteiger partial charge in [-0.25, -0.2) is 18.5 Å². The Morgan fingerprint density at radius 3 is 2.17 bits per heavy atom. The van der Waals surface area contributed by atoms with Crippen LogP contribution in [0.4, 0.5) is 36.3 Å². The summed E-state index contributed by atoms with van der Waals surface area (Å²) in [7, 11) is -3.88. The maximum atomic E-state index is 13.6. The Hall–Kier alpha value is -4.23. The molecule has 13 heteroatoms. The maximum absolute atomic E-state index is 13.6. The van der Waals surface area contributed by atoms with Crippen LogP contribution in [0.5, 0.6) is 5.75 Å². The van der Waals surface area contributed by atoms with E-state index in [0.717, 1.165) is 5.69 Å². The molecule has 2 heterocycles. The van der Waals surface area contributed by atoms with E-state index in [0.29, 0.717) is 23.3 Å². The maximum Gasteiger partial charge on any atom is 0.421 e. The fraction of sp³-hybridized carbons (Fsp3) is 0.0870. The summed E-state index contributed by atoms with van der Waals surface area (Å²) in [6, 6.07) is 17.0. The minimum Gasteiger partial charge on any atom is -0.487 e. The second kappa shape index (κ2) is 10.2. The van der Waals surface area contributed by atoms with Crippen molar-refractivity contribution in [1.82, 2.24) is 15.0 Å². The average Bonchev–Trinajstić information content (AvgIpc) is 2.83. The van der Waals surface area contributed by atoms with Gasteiger partial charge in [0.15, 0.2) is 0 Å². The topological polar surface area (TPSA) is 132 Å². The van der Waals surface area contributed by atoms with E-state index < -0.39 is 27.6 Å². The standard InChI is InChI=1S/C23H19F3N6O3S/c24-23(25,26)20-13-29-22(31-16-6-10-19(11-7-16)36(27,33)34)32-21(20)30-15-4-8-18(9-5-15)35-14-17-3-1-2-12-28-17/h1-13H,14H2,(H2,27,33,34)(H2,29,30,31,32). The van der Waals surface area contributed by atoms with Crippen molar-refractivity contribution in [2.45, 2.75) is 17.7 Å². The van der Waals surface area contributed by atoms with Crippen LogP contribution in [0.1, 0.15) is 11.3 Å². The average molecular weight is 517 g/mol. The van der Waals surface area contributed by atoms with Crippen molar-refractivity contribution >= 4 is 33.2 Å². The zero-order valence-corrected chi connectivity index (χ0v) is 19.2. The summed E-state index contributed by atoms with van der Waals surface area (Å²) >= 11 is 0. The molecule has 0 spiro atoms. The predicted octanol–water partition coefficient (Wildman–Crippen LogP) is 4.60. The molecule has 0 aliphatic carbocycles. The Kier molecular flexibility index (Phi) is 7.03. The van der Waals surface area contributed by atoms with Crippen LogP contribution < -0.4 is 20.5 Å². The molecule has 0 saturated carbocycles. The van der Waals surface area contributed by atoms with Gasteiger partial charge < -0.3 is 15.4 Å². The number of alkyl halides is 3. The molecule has 186 valence electrons. The van der Waals surface area contributed by atoms with E-state index >= 15 is 0 Å². The van der Waals surface area contributed by atoms with E-state index in [1.807, 2.05) is 12.1 Å². The van der Waals surface area contributed by atoms with E-state index in [4.69, 9.17) is 9.88 Å². The molecule has 0 saturated heterocycles. The van der Waals surface area contributed by atoms with Crippen molar-refractivity contribution in [3.63, 3.8) is 0 Å². The summed E-state index contributed by atoms with van der Waals surface area (Å²) in [6.07, 6.45) is -2.40. The summed E-state index contributed by atoms with van der Waals surface area (Å²) in [4.78, 5) is 11.7. The highest BCUT2D eigenvalue weighted by Gasteiger charge is 2.35. The molecular formula is C23H19F3N6O3S. The minimum atomic E-state index is -4.70. The molecule has 4 N–H and O–H groups in total. The minimum absolute atomic E-state index is 0.115. The van der Waals surface area contributed by atoms with Crippen LogP contribution in [0.2, 0.25) is 0 Å². The van der Waals surface area contributed by atoms with E-state index in [2.05, 4.69) is 25.6 Å². The zero-order chi connectivity index (χ0) is 25.8. The molecule has 0 atom stereocenters. The molecule has 2 aromatic carbocycles. The lowest BCUT2D eigenvalue weighted by atomic mass is 10.2. The molecule has 9 nitrogen and oxygen atoms in total. The van der Waals surface area contributed by atoms with Gasteiger partial charge in [-0.15, -0.1) is 0 Å². The highest BCUT2D eigenvalue weighted by molar-refractivity contribution is 7.89. The van der Waals surface area contributed by atoms with Gasteiger partial charge in [-0.05, 0) is 60.7 Å². The van der Waals surface area contributed by atoms with Crippen molar-refractivity contribution in [2.75, 3.05) is 10.6 Å². The Bertz CT molecular complexity index is 1430. The molecule has 0 bridgehead atoms. The number of nitrogens with two attached hydrogens (primary N) is 1. The van der Waals surface area contributed by atoms with Crippen LogP contribution in [0.25, 0.3) is 0 Å². The van der Waals surface area contributed by atoms with E-state index in [9.17, 15) is 21.6 Å². The molecule has 0 unspecified atom stereocenters. The number of halogens is 3. The van der Waals surface area contributed by atoms with Gasteiger partial charge in [0.2, 0.25) is 16.0 Å². The van der Waals surface area contributed by atoms with Crippen molar-refractivity contribution in [1.29, 1.82) is 0 Å². The Morgan fingerprint density at radius 1 is 0.889 bits per heavy atom. The monoisotopic (exact) mass is 516 g/mol. The van der Waals surface area contributed by atoms with Crippen LogP contribution in [-0.4, -0.2) is 23.4 Å². The van der Waals surface area contributed by atoms with Crippen LogP contribution in [0, 0.1) is 0 Å². The van der Waals surface area contributed by atoms with Crippen molar-refractivity contribution < 1.29 is 26.3 Å². The van der Waals surface area contributed by atoms with Crippen molar-refractivity contribution in [2.24, 2.45) is 5.14 Å². The fourth-order valence-corrected chi connectivity index (χ4v) is 3.53. The summed E-state index contributed by atoms with van der Waals surface area (Å²) in [6.45, 7) is 0.241. The van der Waals surface area contributed by atoms with Crippen LogP contribution in [-0.2, 0) is 22.8 Å². The highest BCUT2D eigenvalue weighted by Crippen LogP contribution is 2.35. The van der Waals surface area contributed by atoms with Gasteiger partial charge in [0.05, 0.1) is 10.6 Å². The van der Waals surface area contributed by atoms with E-state index in [1.54, 1.807) is 36.5 Å². The first-order valence-corrected chi connectivity index (χ1v) is 11.9. The zero-order valence-electron chi connectivity index (χ0n) is 18.4. The normalized spacial score (nSPS) is 11.7. The predicted molar refractivity (Wildman–Crippen MR) is 126 cm³/mol. The first kappa shape index (κ1) is 24.9. The Balaban J connectivity index is 1.51. The molecule has 0 radical (unpaired) electrons. The largest absolute Gasteiger partial charge is 0.487 e. The Labute approximate surface area is 204 Å². The van der Waals surface area contributed by atoms with Crippen LogP contribution >= 0.6 is 0 Å². The molecule has 0 fully saturated rings. The number of aromatic nitrogens is 3. The lowest BCUT2D eigenvalue weighted by Crippen LogP contribution is -2.13. The second-order valence-corrected chi connectivity index (χ2v) is 8.97. The second-order valence-electron chi connectivity index (χ2n) is 7.41. The van der Waals surface area contributed by atoms with Gasteiger partial charge in [-0.2, -0.15) is 18.2 Å². The molecular weight excluding hydrogens is 497 g/mol. The lowest BCUT2D eigenvalue weighted by molar-refractivity contribution is -0.137. The molecule has 4 rings (SSSR count). The van der Waals surface area contributed by atoms with Gasteiger partial charge in [0.1, 0.15) is 23.7 Å². The number of hydrogen-bond acceptors (Lipinski definition) is 8. The lowest BCUT2D eigenvalue weighted by Gasteiger charge is -2.15. The molecule has 36 heavy (non-hydrogen) atoms. The summed E-state index contributed by atoms with van der Waals surface area (Å²) < 4.78 is 69.1. The number of pyridine rings is 1. The fourth-order valence-electron chi connectivity index (χ4n) is 3.01. The van der Waals surface area contributed by atoms with Crippen LogP contribution in [0.15, 0.2) is 84.0 Å². The third kappa shape index (κ3) is 6.46. The third-order valence-corrected chi connectivity index (χ3v) is 5.69. The molecule has 0 aliphatic heterocycles. The molecule has 4 aromatic rings. The summed E-state index contributed by atoms with van der Waals surface area (Å²) in [5, 5.41) is 10.5. The van der Waals surface area contributed by atoms with Gasteiger partial charge in [0.25, 0.3) is 0 Å². The van der Waals surface area contributed by atoms with E-state index in [-0.39, 0.29) is 17.5 Å². The number of nitrogens with zero attached hydrogens (tertiary/aromatic N) is 3. The molecule has 0 amide bonds. The van der Waals surface area contributed by atoms with Crippen molar-refractivity contribution in [3.05, 3.63) is 90.4 Å². The number of benzene rings is 2. The Morgan fingerprint density at radius 2 is 1.56 bits per heavy atom. The van der Waals surface area contributed by atoms with Gasteiger partial charge >= 0.3 is 6.18 Å². The number of primary sulfonamides is 1. The number of rotatable bonds is 8. The molecule has 0 aliphatic rings. The summed E-state index contributed by atoms with van der Waals surface area (Å²) in [5.41, 5.74) is 0.360. The first-order chi connectivity index (χ1) is 17.1. The number of ether oxygens (including phenoxy) is 1. The summed E-state index contributed by atoms with van der Waals surface area (Å²) in [5.74, 6) is -0.0947. The SMILES string of the molecule is NS(=O)(=O)c1ccc(Nc2ncc(C(F)(F)F)c(Nc3ccc(OCc4ccccn4)cc3)n2)cc1. The van der Waals surface area contributed by atoms with Gasteiger partial charge in [-0.1, -0.05) is 6.07 Å². The highest BCUT2D eigenvalue weighted by atomic mass is 32.2. The van der Waals surface area contributed by atoms with Crippen molar-refractivity contribution in [3.8, 4) is 5.75 Å². The number of hydrogen-bond donors (Lipinski definition) is 3. The van der Waals surface area contributed by atoms with E-state index in [1.165, 1.54) is 24.3 Å². The first-order valence-electron chi connectivity index (χ1n) is 10.3. The number of anilines is 4. The smallest absolute Gasteiger partial charge is 0.421 e. The molecule has 2 aromatic heterocycles. The third-order valence-electron chi connectivity index (χ3n) is 4.76. The quantitative estimate of drug-likeness (QED) is 0.310. The van der Waals surface area contributed by atoms with Gasteiger partial charge in [-0.3, -0.25) is 4.98 Å². The van der Waals surface area contributed by atoms with Crippen LogP contribution in [0.3, 0.4) is 0 Å².